The van der Waals surface area contributed by atoms with Gasteiger partial charge in [-0.2, -0.15) is 0 Å². The molecule has 0 aromatic rings. The lowest BCUT2D eigenvalue weighted by atomic mass is 9.96. The number of rotatable bonds is 4. The van der Waals surface area contributed by atoms with Crippen molar-refractivity contribution in [3.63, 3.8) is 0 Å². The second kappa shape index (κ2) is 5.26. The summed E-state index contributed by atoms with van der Waals surface area (Å²) in [6, 6.07) is 0. The second-order valence-electron chi connectivity index (χ2n) is 5.68. The molecule has 2 fully saturated rings. The number of hydrogen-bond acceptors (Lipinski definition) is 3. The van der Waals surface area contributed by atoms with E-state index in [0.29, 0.717) is 19.3 Å². The van der Waals surface area contributed by atoms with Gasteiger partial charge in [0.05, 0.1) is 18.1 Å². The van der Waals surface area contributed by atoms with Crippen LogP contribution in [-0.4, -0.2) is 34.2 Å². The van der Waals surface area contributed by atoms with Crippen LogP contribution in [-0.2, 0) is 9.59 Å². The van der Waals surface area contributed by atoms with Gasteiger partial charge in [0.25, 0.3) is 0 Å². The second-order valence-corrected chi connectivity index (χ2v) is 5.68. The molecular weight excluding hydrogens is 234 g/mol. The summed E-state index contributed by atoms with van der Waals surface area (Å²) in [4.78, 5) is 23.0. The fourth-order valence-electron chi connectivity index (χ4n) is 3.18. The van der Waals surface area contributed by atoms with E-state index in [1.54, 1.807) is 0 Å². The molecule has 0 aliphatic heterocycles. The highest BCUT2D eigenvalue weighted by Gasteiger charge is 2.39. The SMILES string of the molecule is O=C(O)C1CCC(C(=O)NC2(CO)CCCC2)C1. The van der Waals surface area contributed by atoms with Gasteiger partial charge in [-0.1, -0.05) is 12.8 Å². The number of carboxylic acids is 1. The van der Waals surface area contributed by atoms with Gasteiger partial charge in [-0.25, -0.2) is 0 Å². The summed E-state index contributed by atoms with van der Waals surface area (Å²) in [7, 11) is 0. The van der Waals surface area contributed by atoms with Crippen LogP contribution in [0.2, 0.25) is 0 Å². The lowest BCUT2D eigenvalue weighted by Crippen LogP contribution is -2.51. The summed E-state index contributed by atoms with van der Waals surface area (Å²) < 4.78 is 0. The Bertz CT molecular complexity index is 336. The van der Waals surface area contributed by atoms with Crippen LogP contribution in [0.1, 0.15) is 44.9 Å². The van der Waals surface area contributed by atoms with Gasteiger partial charge in [0, 0.05) is 5.92 Å². The molecule has 2 saturated carbocycles. The van der Waals surface area contributed by atoms with Crippen LogP contribution in [0.25, 0.3) is 0 Å². The number of carboxylic acid groups (broad SMARTS) is 1. The maximum Gasteiger partial charge on any atom is 0.306 e. The maximum atomic E-state index is 12.1. The summed E-state index contributed by atoms with van der Waals surface area (Å²) in [5.41, 5.74) is -0.446. The van der Waals surface area contributed by atoms with Gasteiger partial charge in [-0.05, 0) is 32.1 Å². The van der Waals surface area contributed by atoms with Crippen LogP contribution in [0.4, 0.5) is 0 Å². The van der Waals surface area contributed by atoms with Gasteiger partial charge in [0.1, 0.15) is 0 Å². The van der Waals surface area contributed by atoms with Crippen molar-refractivity contribution >= 4 is 11.9 Å². The molecule has 102 valence electrons. The number of aliphatic hydroxyl groups excluding tert-OH is 1. The molecule has 2 aliphatic carbocycles. The van der Waals surface area contributed by atoms with E-state index in [9.17, 15) is 14.7 Å². The predicted molar refractivity (Wildman–Crippen MR) is 64.9 cm³/mol. The number of amides is 1. The standard InChI is InChI=1S/C13H21NO4/c15-8-13(5-1-2-6-13)14-11(16)9-3-4-10(7-9)12(17)18/h9-10,15H,1-8H2,(H,14,16)(H,17,18). The zero-order valence-electron chi connectivity index (χ0n) is 10.5. The number of hydrogen-bond donors (Lipinski definition) is 3. The normalized spacial score (nSPS) is 30.3. The van der Waals surface area contributed by atoms with Gasteiger partial charge >= 0.3 is 5.97 Å². The van der Waals surface area contributed by atoms with Crippen molar-refractivity contribution in [2.24, 2.45) is 11.8 Å². The Morgan fingerprint density at radius 2 is 1.78 bits per heavy atom. The first-order valence-electron chi connectivity index (χ1n) is 6.72. The molecule has 2 rings (SSSR count). The Hall–Kier alpha value is -1.10. The van der Waals surface area contributed by atoms with E-state index in [2.05, 4.69) is 5.32 Å². The number of nitrogens with one attached hydrogen (secondary N) is 1. The smallest absolute Gasteiger partial charge is 0.306 e. The van der Waals surface area contributed by atoms with Crippen molar-refractivity contribution in [1.29, 1.82) is 0 Å². The minimum Gasteiger partial charge on any atom is -0.481 e. The van der Waals surface area contributed by atoms with E-state index < -0.39 is 11.5 Å². The van der Waals surface area contributed by atoms with Crippen LogP contribution in [0, 0.1) is 11.8 Å². The van der Waals surface area contributed by atoms with E-state index in [4.69, 9.17) is 5.11 Å². The Balaban J connectivity index is 1.90. The molecule has 1 amide bonds. The molecule has 0 aromatic carbocycles. The average molecular weight is 255 g/mol. The van der Waals surface area contributed by atoms with Gasteiger partial charge in [0.15, 0.2) is 0 Å². The summed E-state index contributed by atoms with van der Waals surface area (Å²) in [6.07, 6.45) is 5.37. The fourth-order valence-corrected chi connectivity index (χ4v) is 3.18. The van der Waals surface area contributed by atoms with Crippen molar-refractivity contribution < 1.29 is 19.8 Å². The third kappa shape index (κ3) is 2.66. The lowest BCUT2D eigenvalue weighted by Gasteiger charge is -2.29. The predicted octanol–water partition coefficient (Wildman–Crippen LogP) is 0.909. The fraction of sp³-hybridized carbons (Fsp3) is 0.846. The molecule has 0 bridgehead atoms. The first-order chi connectivity index (χ1) is 8.56. The number of aliphatic carboxylic acids is 1. The van der Waals surface area contributed by atoms with Crippen LogP contribution in [0.3, 0.4) is 0 Å². The Morgan fingerprint density at radius 1 is 1.17 bits per heavy atom. The van der Waals surface area contributed by atoms with E-state index in [1.807, 2.05) is 0 Å². The van der Waals surface area contributed by atoms with Crippen LogP contribution in [0.15, 0.2) is 0 Å². The average Bonchev–Trinajstić information content (AvgIpc) is 2.98. The molecule has 0 spiro atoms. The minimum atomic E-state index is -0.803. The molecule has 18 heavy (non-hydrogen) atoms. The van der Waals surface area contributed by atoms with E-state index in [1.165, 1.54) is 0 Å². The molecule has 0 saturated heterocycles. The molecule has 0 heterocycles. The van der Waals surface area contributed by atoms with Crippen molar-refractivity contribution in [3.8, 4) is 0 Å². The van der Waals surface area contributed by atoms with Crippen molar-refractivity contribution in [2.45, 2.75) is 50.5 Å². The van der Waals surface area contributed by atoms with Crippen LogP contribution in [0.5, 0.6) is 0 Å². The monoisotopic (exact) mass is 255 g/mol. The topological polar surface area (TPSA) is 86.6 Å². The molecule has 5 heteroatoms. The third-order valence-electron chi connectivity index (χ3n) is 4.40. The van der Waals surface area contributed by atoms with Gasteiger partial charge in [0.2, 0.25) is 5.91 Å². The van der Waals surface area contributed by atoms with Gasteiger partial charge in [-0.15, -0.1) is 0 Å². The molecule has 3 N–H and O–H groups in total. The number of carbonyl (C=O) groups is 2. The third-order valence-corrected chi connectivity index (χ3v) is 4.40. The Morgan fingerprint density at radius 3 is 2.28 bits per heavy atom. The molecule has 5 nitrogen and oxygen atoms in total. The quantitative estimate of drug-likeness (QED) is 0.697. The van der Waals surface area contributed by atoms with Crippen LogP contribution >= 0.6 is 0 Å². The van der Waals surface area contributed by atoms with Gasteiger partial charge in [-0.3, -0.25) is 9.59 Å². The van der Waals surface area contributed by atoms with Gasteiger partial charge < -0.3 is 15.5 Å². The van der Waals surface area contributed by atoms with E-state index in [0.717, 1.165) is 25.7 Å². The molecule has 0 aromatic heterocycles. The number of aliphatic hydroxyl groups is 1. The minimum absolute atomic E-state index is 0.0200. The zero-order chi connectivity index (χ0) is 13.2. The van der Waals surface area contributed by atoms with E-state index in [-0.39, 0.29) is 24.3 Å². The summed E-state index contributed by atoms with van der Waals surface area (Å²) in [6.45, 7) is -0.0200. The van der Waals surface area contributed by atoms with Crippen molar-refractivity contribution in [1.82, 2.24) is 5.32 Å². The highest BCUT2D eigenvalue weighted by Crippen LogP contribution is 2.34. The van der Waals surface area contributed by atoms with E-state index >= 15 is 0 Å². The maximum absolute atomic E-state index is 12.1. The molecular formula is C13H21NO4. The highest BCUT2D eigenvalue weighted by molar-refractivity contribution is 5.81. The van der Waals surface area contributed by atoms with Crippen LogP contribution < -0.4 is 5.32 Å². The van der Waals surface area contributed by atoms with Crippen molar-refractivity contribution in [3.05, 3.63) is 0 Å². The largest absolute Gasteiger partial charge is 0.481 e. The summed E-state index contributed by atoms with van der Waals surface area (Å²) in [5.74, 6) is -1.46. The molecule has 2 atom stereocenters. The molecule has 2 aliphatic rings. The summed E-state index contributed by atoms with van der Waals surface area (Å²) >= 11 is 0. The Labute approximate surface area is 107 Å². The molecule has 0 radical (unpaired) electrons. The first kappa shape index (κ1) is 13.3. The highest BCUT2D eigenvalue weighted by atomic mass is 16.4. The molecule has 2 unspecified atom stereocenters. The lowest BCUT2D eigenvalue weighted by molar-refractivity contribution is -0.141. The Kier molecular flexibility index (Phi) is 3.90. The first-order valence-corrected chi connectivity index (χ1v) is 6.72. The summed E-state index contributed by atoms with van der Waals surface area (Å²) in [5, 5.41) is 21.3. The zero-order valence-corrected chi connectivity index (χ0v) is 10.5. The number of carbonyl (C=O) groups excluding carboxylic acids is 1. The van der Waals surface area contributed by atoms with Crippen molar-refractivity contribution in [2.75, 3.05) is 6.61 Å².